The van der Waals surface area contributed by atoms with Crippen LogP contribution in [0.3, 0.4) is 0 Å². The molecule has 0 saturated heterocycles. The van der Waals surface area contributed by atoms with Gasteiger partial charge in [0, 0.05) is 16.9 Å². The molecule has 0 fully saturated rings. The van der Waals surface area contributed by atoms with Gasteiger partial charge >= 0.3 is 0 Å². The number of nitrogens with zero attached hydrogens (tertiary/aromatic N) is 1. The molecule has 0 heterocycles. The Morgan fingerprint density at radius 3 is 1.35 bits per heavy atom. The Morgan fingerprint density at radius 2 is 0.817 bits per heavy atom. The SMILES string of the molecule is C=C/C(=C\C=C/C)C1(c2ccccc2)c2ccccc2-c2c(N(c3ccc(-c4ccc(-c5cccc6ccccc56)cc4)cc3)c3ccc(-c4ccc(-c5cccc6ccccc56)cc4)cc3)cccc21. The third kappa shape index (κ3) is 7.51. The molecule has 1 unspecified atom stereocenters. The van der Waals surface area contributed by atoms with Crippen molar-refractivity contribution in [3.63, 3.8) is 0 Å². The molecule has 11 aromatic carbocycles. The third-order valence-corrected chi connectivity index (χ3v) is 14.5. The molecule has 1 heteroatoms. The first-order chi connectivity index (χ1) is 35.1. The molecule has 0 aromatic heterocycles. The molecule has 11 aromatic rings. The molecule has 0 N–H and O–H groups in total. The summed E-state index contributed by atoms with van der Waals surface area (Å²) < 4.78 is 0. The fourth-order valence-corrected chi connectivity index (χ4v) is 11.2. The zero-order chi connectivity index (χ0) is 47.7. The van der Waals surface area contributed by atoms with E-state index >= 15 is 0 Å². The Hall–Kier alpha value is -9.04. The third-order valence-electron chi connectivity index (χ3n) is 14.5. The fraction of sp³-hybridized carbons (Fsp3) is 0.0286. The largest absolute Gasteiger partial charge is 0.310 e. The molecule has 0 spiro atoms. The van der Waals surface area contributed by atoms with E-state index in [2.05, 4.69) is 291 Å². The second kappa shape index (κ2) is 18.5. The number of fused-ring (bicyclic) bond motifs is 5. The molecule has 0 aliphatic heterocycles. The van der Waals surface area contributed by atoms with Gasteiger partial charge in [0.15, 0.2) is 0 Å². The van der Waals surface area contributed by atoms with Crippen molar-refractivity contribution >= 4 is 38.6 Å². The minimum atomic E-state index is -0.597. The highest BCUT2D eigenvalue weighted by molar-refractivity contribution is 6.00. The average molecular weight is 906 g/mol. The second-order valence-corrected chi connectivity index (χ2v) is 18.4. The Morgan fingerprint density at radius 1 is 0.394 bits per heavy atom. The summed E-state index contributed by atoms with van der Waals surface area (Å²) >= 11 is 0. The van der Waals surface area contributed by atoms with Gasteiger partial charge in [-0.25, -0.2) is 0 Å². The van der Waals surface area contributed by atoms with Crippen molar-refractivity contribution in [3.05, 3.63) is 308 Å². The lowest BCUT2D eigenvalue weighted by Gasteiger charge is -2.35. The normalized spacial score (nSPS) is 14.1. The molecule has 1 nitrogen and oxygen atoms in total. The lowest BCUT2D eigenvalue weighted by Crippen LogP contribution is -2.29. The summed E-state index contributed by atoms with van der Waals surface area (Å²) in [6, 6.07) is 93.3. The molecule has 0 bridgehead atoms. The number of allylic oxidation sites excluding steroid dienone is 5. The van der Waals surface area contributed by atoms with E-state index in [1.165, 1.54) is 82.7 Å². The lowest BCUT2D eigenvalue weighted by atomic mass is 9.67. The van der Waals surface area contributed by atoms with Crippen LogP contribution in [0.25, 0.3) is 77.2 Å². The highest BCUT2D eigenvalue weighted by atomic mass is 15.1. The standard InChI is InChI=1S/C70H51N/c1-3-5-22-57(4-2)70(58-23-7-6-8-24-58)66-30-14-13-27-65(66)69-67(70)31-17-32-68(69)71(59-45-41-51(42-46-59)49-33-37-55(38-34-49)63-28-15-20-53-18-9-11-25-61(53)63)60-47-43-52(44-48-60)50-35-39-56(40-36-50)64-29-16-21-54-19-10-12-26-62(54)64/h3-48H,2H2,1H3/b5-3-,57-22+. The fourth-order valence-electron chi connectivity index (χ4n) is 11.2. The van der Waals surface area contributed by atoms with Crippen LogP contribution in [0.5, 0.6) is 0 Å². The van der Waals surface area contributed by atoms with E-state index in [9.17, 15) is 0 Å². The van der Waals surface area contributed by atoms with Gasteiger partial charge in [0.25, 0.3) is 0 Å². The average Bonchev–Trinajstić information content (AvgIpc) is 3.75. The Bertz CT molecular complexity index is 3620. The first kappa shape index (κ1) is 43.3. The quantitative estimate of drug-likeness (QED) is 0.117. The summed E-state index contributed by atoms with van der Waals surface area (Å²) in [6.45, 7) is 6.51. The minimum Gasteiger partial charge on any atom is -0.310 e. The summed E-state index contributed by atoms with van der Waals surface area (Å²) in [5.41, 5.74) is 19.5. The van der Waals surface area contributed by atoms with E-state index in [1.807, 2.05) is 6.08 Å². The van der Waals surface area contributed by atoms with E-state index in [0.717, 1.165) is 33.8 Å². The maximum Gasteiger partial charge on any atom is 0.0714 e. The van der Waals surface area contributed by atoms with Gasteiger partial charge in [0.1, 0.15) is 0 Å². The molecule has 1 aliphatic carbocycles. The monoisotopic (exact) mass is 905 g/mol. The summed E-state index contributed by atoms with van der Waals surface area (Å²) in [5.74, 6) is 0. The van der Waals surface area contributed by atoms with Crippen LogP contribution in [0.4, 0.5) is 17.1 Å². The van der Waals surface area contributed by atoms with Crippen molar-refractivity contribution in [2.45, 2.75) is 12.3 Å². The van der Waals surface area contributed by atoms with Gasteiger partial charge in [-0.1, -0.05) is 255 Å². The van der Waals surface area contributed by atoms with Crippen molar-refractivity contribution in [2.75, 3.05) is 4.90 Å². The molecular formula is C70H51N. The molecule has 1 atom stereocenters. The second-order valence-electron chi connectivity index (χ2n) is 18.4. The van der Waals surface area contributed by atoms with E-state index < -0.39 is 5.41 Å². The molecule has 71 heavy (non-hydrogen) atoms. The molecule has 12 rings (SSSR count). The maximum atomic E-state index is 4.45. The maximum absolute atomic E-state index is 4.45. The van der Waals surface area contributed by atoms with Gasteiger partial charge < -0.3 is 4.90 Å². The number of anilines is 3. The molecule has 0 amide bonds. The van der Waals surface area contributed by atoms with Crippen LogP contribution in [0.15, 0.2) is 291 Å². The molecule has 0 radical (unpaired) electrons. The number of rotatable bonds is 11. The van der Waals surface area contributed by atoms with Crippen LogP contribution in [0.1, 0.15) is 23.6 Å². The minimum absolute atomic E-state index is 0.597. The number of hydrogen-bond donors (Lipinski definition) is 0. The van der Waals surface area contributed by atoms with E-state index in [0.29, 0.717) is 0 Å². The van der Waals surface area contributed by atoms with Gasteiger partial charge in [-0.2, -0.15) is 0 Å². The molecule has 1 aliphatic rings. The van der Waals surface area contributed by atoms with Crippen LogP contribution in [0, 0.1) is 0 Å². The van der Waals surface area contributed by atoms with Gasteiger partial charge in [-0.3, -0.25) is 0 Å². The Kier molecular flexibility index (Phi) is 11.2. The summed E-state index contributed by atoms with van der Waals surface area (Å²) in [4.78, 5) is 2.45. The zero-order valence-electron chi connectivity index (χ0n) is 39.7. The summed E-state index contributed by atoms with van der Waals surface area (Å²) in [6.07, 6.45) is 8.51. The highest BCUT2D eigenvalue weighted by Gasteiger charge is 2.47. The van der Waals surface area contributed by atoms with Crippen molar-refractivity contribution in [1.29, 1.82) is 0 Å². The van der Waals surface area contributed by atoms with Gasteiger partial charge in [-0.05, 0) is 131 Å². The van der Waals surface area contributed by atoms with Crippen LogP contribution >= 0.6 is 0 Å². The van der Waals surface area contributed by atoms with Crippen molar-refractivity contribution in [2.24, 2.45) is 0 Å². The predicted octanol–water partition coefficient (Wildman–Crippen LogP) is 19.1. The Balaban J connectivity index is 0.980. The van der Waals surface area contributed by atoms with Gasteiger partial charge in [0.2, 0.25) is 0 Å². The van der Waals surface area contributed by atoms with Crippen LogP contribution < -0.4 is 4.90 Å². The van der Waals surface area contributed by atoms with Crippen molar-refractivity contribution in [1.82, 2.24) is 0 Å². The smallest absolute Gasteiger partial charge is 0.0714 e. The van der Waals surface area contributed by atoms with Crippen LogP contribution in [0.2, 0.25) is 0 Å². The number of hydrogen-bond acceptors (Lipinski definition) is 1. The highest BCUT2D eigenvalue weighted by Crippen LogP contribution is 2.60. The Labute approximate surface area is 417 Å². The molecular weight excluding hydrogens is 855 g/mol. The lowest BCUT2D eigenvalue weighted by molar-refractivity contribution is 0.767. The van der Waals surface area contributed by atoms with E-state index in [4.69, 9.17) is 0 Å². The first-order valence-corrected chi connectivity index (χ1v) is 24.6. The first-order valence-electron chi connectivity index (χ1n) is 24.6. The topological polar surface area (TPSA) is 3.24 Å². The van der Waals surface area contributed by atoms with Gasteiger partial charge in [-0.15, -0.1) is 0 Å². The van der Waals surface area contributed by atoms with Crippen molar-refractivity contribution in [3.8, 4) is 55.6 Å². The molecule has 0 saturated carbocycles. The van der Waals surface area contributed by atoms with Crippen LogP contribution in [-0.2, 0) is 5.41 Å². The number of benzene rings is 11. The summed E-state index contributed by atoms with van der Waals surface area (Å²) in [5, 5.41) is 5.03. The van der Waals surface area contributed by atoms with Crippen molar-refractivity contribution < 1.29 is 0 Å². The predicted molar refractivity (Wildman–Crippen MR) is 303 cm³/mol. The zero-order valence-corrected chi connectivity index (χ0v) is 39.7. The molecule has 336 valence electrons. The summed E-state index contributed by atoms with van der Waals surface area (Å²) in [7, 11) is 0. The van der Waals surface area contributed by atoms with Gasteiger partial charge in [0.05, 0.1) is 11.1 Å². The van der Waals surface area contributed by atoms with E-state index in [1.54, 1.807) is 0 Å². The van der Waals surface area contributed by atoms with Crippen LogP contribution in [-0.4, -0.2) is 0 Å². The van der Waals surface area contributed by atoms with E-state index in [-0.39, 0.29) is 0 Å².